The average Bonchev–Trinajstić information content (AvgIpc) is 2.38. The highest BCUT2D eigenvalue weighted by molar-refractivity contribution is 5.88. The van der Waals surface area contributed by atoms with E-state index in [0.717, 1.165) is 31.3 Å². The number of ether oxygens (including phenoxy) is 1. The van der Waals surface area contributed by atoms with Crippen molar-refractivity contribution in [3.05, 3.63) is 11.1 Å². The van der Waals surface area contributed by atoms with E-state index in [9.17, 15) is 4.79 Å². The van der Waals surface area contributed by atoms with Gasteiger partial charge >= 0.3 is 5.97 Å². The molecule has 18 heavy (non-hydrogen) atoms. The van der Waals surface area contributed by atoms with Gasteiger partial charge in [0.25, 0.3) is 0 Å². The maximum Gasteiger partial charge on any atom is 0.333 e. The largest absolute Gasteiger partial charge is 0.462 e. The molecule has 0 heterocycles. The predicted molar refractivity (Wildman–Crippen MR) is 77.6 cm³/mol. The zero-order valence-corrected chi connectivity index (χ0v) is 12.7. The summed E-state index contributed by atoms with van der Waals surface area (Å²) in [6, 6.07) is 0. The molecule has 0 amide bonds. The minimum atomic E-state index is -0.106. The van der Waals surface area contributed by atoms with E-state index in [1.54, 1.807) is 0 Å². The summed E-state index contributed by atoms with van der Waals surface area (Å²) in [5.74, 6) is -0.106. The summed E-state index contributed by atoms with van der Waals surface area (Å²) in [6.07, 6.45) is 8.79. The van der Waals surface area contributed by atoms with Gasteiger partial charge in [0.05, 0.1) is 6.61 Å². The second-order valence-electron chi connectivity index (χ2n) is 4.93. The molecule has 0 aliphatic heterocycles. The van der Waals surface area contributed by atoms with Gasteiger partial charge in [-0.15, -0.1) is 0 Å². The summed E-state index contributed by atoms with van der Waals surface area (Å²) >= 11 is 0. The normalized spacial score (nSPS) is 10.2. The number of unbranched alkanes of at least 4 members (excludes halogenated alkanes) is 3. The third kappa shape index (κ3) is 7.52. The topological polar surface area (TPSA) is 26.3 Å². The van der Waals surface area contributed by atoms with Crippen LogP contribution < -0.4 is 0 Å². The number of rotatable bonds is 10. The van der Waals surface area contributed by atoms with Crippen LogP contribution in [0.1, 0.15) is 79.1 Å². The van der Waals surface area contributed by atoms with Crippen molar-refractivity contribution in [2.75, 3.05) is 6.61 Å². The fraction of sp³-hybridized carbons (Fsp3) is 0.812. The molecule has 0 saturated heterocycles. The third-order valence-electron chi connectivity index (χ3n) is 3.23. The van der Waals surface area contributed by atoms with Crippen molar-refractivity contribution in [3.8, 4) is 0 Å². The molecule has 0 atom stereocenters. The first-order valence-electron chi connectivity index (χ1n) is 7.53. The van der Waals surface area contributed by atoms with E-state index < -0.39 is 0 Å². The van der Waals surface area contributed by atoms with Gasteiger partial charge in [0, 0.05) is 5.57 Å². The monoisotopic (exact) mass is 254 g/mol. The molecule has 0 bridgehead atoms. The SMILES string of the molecule is CCCCOC(=O)C(C)=C(CCCC)CCCC. The predicted octanol–water partition coefficient (Wildman–Crippen LogP) is 5.03. The minimum absolute atomic E-state index is 0.106. The van der Waals surface area contributed by atoms with Crippen molar-refractivity contribution in [1.29, 1.82) is 0 Å². The van der Waals surface area contributed by atoms with Gasteiger partial charge in [-0.25, -0.2) is 4.79 Å². The molecule has 2 heteroatoms. The smallest absolute Gasteiger partial charge is 0.333 e. The van der Waals surface area contributed by atoms with Crippen LogP contribution in [0.25, 0.3) is 0 Å². The summed E-state index contributed by atoms with van der Waals surface area (Å²) in [5.41, 5.74) is 2.16. The van der Waals surface area contributed by atoms with Crippen LogP contribution in [0.4, 0.5) is 0 Å². The number of hydrogen-bond acceptors (Lipinski definition) is 2. The maximum absolute atomic E-state index is 11.9. The Morgan fingerprint density at radius 3 is 1.83 bits per heavy atom. The first-order valence-corrected chi connectivity index (χ1v) is 7.53. The summed E-state index contributed by atoms with van der Waals surface area (Å²) in [5, 5.41) is 0. The average molecular weight is 254 g/mol. The Hall–Kier alpha value is -0.790. The molecular formula is C16H30O2. The van der Waals surface area contributed by atoms with Gasteiger partial charge in [0.15, 0.2) is 0 Å². The first-order chi connectivity index (χ1) is 8.67. The maximum atomic E-state index is 11.9. The van der Waals surface area contributed by atoms with Crippen LogP contribution in [0.5, 0.6) is 0 Å². The molecule has 0 aliphatic carbocycles. The van der Waals surface area contributed by atoms with Gasteiger partial charge in [0.2, 0.25) is 0 Å². The molecule has 0 spiro atoms. The van der Waals surface area contributed by atoms with Crippen molar-refractivity contribution in [2.45, 2.75) is 79.1 Å². The Kier molecular flexibility index (Phi) is 10.8. The van der Waals surface area contributed by atoms with Crippen molar-refractivity contribution < 1.29 is 9.53 Å². The molecule has 0 saturated carbocycles. The van der Waals surface area contributed by atoms with Gasteiger partial charge in [-0.2, -0.15) is 0 Å². The molecule has 0 rings (SSSR count). The number of carbonyl (C=O) groups excluding carboxylic acids is 1. The molecule has 0 N–H and O–H groups in total. The van der Waals surface area contributed by atoms with Crippen LogP contribution >= 0.6 is 0 Å². The van der Waals surface area contributed by atoms with Crippen LogP contribution in [0, 0.1) is 0 Å². The number of hydrogen-bond donors (Lipinski definition) is 0. The van der Waals surface area contributed by atoms with Crippen LogP contribution in [-0.2, 0) is 9.53 Å². The van der Waals surface area contributed by atoms with E-state index >= 15 is 0 Å². The third-order valence-corrected chi connectivity index (χ3v) is 3.23. The zero-order valence-electron chi connectivity index (χ0n) is 12.7. The quantitative estimate of drug-likeness (QED) is 0.310. The van der Waals surface area contributed by atoms with Gasteiger partial charge < -0.3 is 4.74 Å². The van der Waals surface area contributed by atoms with Crippen molar-refractivity contribution >= 4 is 5.97 Å². The van der Waals surface area contributed by atoms with Crippen LogP contribution in [0.2, 0.25) is 0 Å². The first kappa shape index (κ1) is 17.2. The van der Waals surface area contributed by atoms with Crippen molar-refractivity contribution in [3.63, 3.8) is 0 Å². The lowest BCUT2D eigenvalue weighted by Crippen LogP contribution is -2.09. The van der Waals surface area contributed by atoms with Crippen molar-refractivity contribution in [2.24, 2.45) is 0 Å². The van der Waals surface area contributed by atoms with Crippen LogP contribution in [0.15, 0.2) is 11.1 Å². The molecule has 0 aromatic heterocycles. The molecule has 0 fully saturated rings. The Labute approximate surface area is 113 Å². The Balaban J connectivity index is 4.44. The molecule has 0 unspecified atom stereocenters. The lowest BCUT2D eigenvalue weighted by molar-refractivity contribution is -0.139. The number of allylic oxidation sites excluding steroid dienone is 1. The lowest BCUT2D eigenvalue weighted by atomic mass is 9.98. The molecule has 0 aromatic rings. The fourth-order valence-electron chi connectivity index (χ4n) is 1.84. The van der Waals surface area contributed by atoms with E-state index in [0.29, 0.717) is 6.61 Å². The van der Waals surface area contributed by atoms with Gasteiger partial charge in [-0.3, -0.25) is 0 Å². The highest BCUT2D eigenvalue weighted by Gasteiger charge is 2.11. The second kappa shape index (κ2) is 11.3. The Morgan fingerprint density at radius 2 is 1.39 bits per heavy atom. The summed E-state index contributed by atoms with van der Waals surface area (Å²) in [6.45, 7) is 8.96. The standard InChI is InChI=1S/C16H30O2/c1-5-8-11-15(12-9-6-2)14(4)16(17)18-13-10-7-3/h5-13H2,1-4H3. The molecular weight excluding hydrogens is 224 g/mol. The van der Waals surface area contributed by atoms with E-state index in [1.807, 2.05) is 6.92 Å². The van der Waals surface area contributed by atoms with Crippen LogP contribution in [-0.4, -0.2) is 12.6 Å². The highest BCUT2D eigenvalue weighted by atomic mass is 16.5. The molecule has 0 radical (unpaired) electrons. The molecule has 2 nitrogen and oxygen atoms in total. The van der Waals surface area contributed by atoms with Gasteiger partial charge in [-0.05, 0) is 39.0 Å². The lowest BCUT2D eigenvalue weighted by Gasteiger charge is -2.11. The number of carbonyl (C=O) groups is 1. The summed E-state index contributed by atoms with van der Waals surface area (Å²) in [7, 11) is 0. The van der Waals surface area contributed by atoms with Gasteiger partial charge in [-0.1, -0.05) is 45.6 Å². The van der Waals surface area contributed by atoms with E-state index in [2.05, 4.69) is 20.8 Å². The van der Waals surface area contributed by atoms with E-state index in [-0.39, 0.29) is 5.97 Å². The Bertz CT molecular complexity index is 244. The summed E-state index contributed by atoms with van der Waals surface area (Å²) < 4.78 is 5.29. The second-order valence-corrected chi connectivity index (χ2v) is 4.93. The van der Waals surface area contributed by atoms with Crippen molar-refractivity contribution in [1.82, 2.24) is 0 Å². The minimum Gasteiger partial charge on any atom is -0.462 e. The van der Waals surface area contributed by atoms with Gasteiger partial charge in [0.1, 0.15) is 0 Å². The number of esters is 1. The Morgan fingerprint density at radius 1 is 0.889 bits per heavy atom. The molecule has 106 valence electrons. The van der Waals surface area contributed by atoms with E-state index in [1.165, 1.54) is 31.3 Å². The zero-order chi connectivity index (χ0) is 13.8. The van der Waals surface area contributed by atoms with Crippen LogP contribution in [0.3, 0.4) is 0 Å². The molecule has 0 aromatic carbocycles. The summed E-state index contributed by atoms with van der Waals surface area (Å²) in [4.78, 5) is 11.9. The fourth-order valence-corrected chi connectivity index (χ4v) is 1.84. The van der Waals surface area contributed by atoms with E-state index in [4.69, 9.17) is 4.74 Å². The molecule has 0 aliphatic rings. The highest BCUT2D eigenvalue weighted by Crippen LogP contribution is 2.20.